The van der Waals surface area contributed by atoms with Crippen LogP contribution in [0.1, 0.15) is 18.4 Å². The van der Waals surface area contributed by atoms with E-state index in [2.05, 4.69) is 32.6 Å². The van der Waals surface area contributed by atoms with Crippen molar-refractivity contribution in [1.82, 2.24) is 25.1 Å². The maximum atomic E-state index is 13.2. The van der Waals surface area contributed by atoms with Crippen molar-refractivity contribution in [3.63, 3.8) is 0 Å². The lowest BCUT2D eigenvalue weighted by Gasteiger charge is -2.36. The van der Waals surface area contributed by atoms with Crippen LogP contribution in [0.5, 0.6) is 0 Å². The molecule has 0 unspecified atom stereocenters. The lowest BCUT2D eigenvalue weighted by molar-refractivity contribution is -0.134. The highest BCUT2D eigenvalue weighted by Gasteiger charge is 2.53. The molecule has 0 spiro atoms. The van der Waals surface area contributed by atoms with E-state index in [1.807, 2.05) is 53.4 Å². The first-order valence-corrected chi connectivity index (χ1v) is 9.72. The van der Waals surface area contributed by atoms with Crippen molar-refractivity contribution in [2.24, 2.45) is 0 Å². The fraction of sp³-hybridized carbons (Fsp3) is 0.333. The van der Waals surface area contributed by atoms with Gasteiger partial charge in [-0.2, -0.15) is 4.68 Å². The second-order valence-corrected chi connectivity index (χ2v) is 7.45. The highest BCUT2D eigenvalue weighted by molar-refractivity contribution is 5.91. The van der Waals surface area contributed by atoms with Gasteiger partial charge in [0.1, 0.15) is 0 Å². The third-order valence-corrected chi connectivity index (χ3v) is 5.79. The number of hydrogen-bond donors (Lipinski definition) is 0. The van der Waals surface area contributed by atoms with Crippen molar-refractivity contribution in [2.45, 2.75) is 18.3 Å². The molecule has 2 fully saturated rings. The summed E-state index contributed by atoms with van der Waals surface area (Å²) in [7, 11) is 0. The number of nitrogens with zero attached hydrogens (tertiary/aromatic N) is 6. The van der Waals surface area contributed by atoms with Crippen LogP contribution in [0.3, 0.4) is 0 Å². The molecule has 0 atom stereocenters. The molecule has 0 bridgehead atoms. The molecule has 1 saturated heterocycles. The summed E-state index contributed by atoms with van der Waals surface area (Å²) in [6, 6.07) is 20.1. The van der Waals surface area contributed by atoms with Gasteiger partial charge in [0, 0.05) is 26.2 Å². The number of piperazine rings is 1. The number of para-hydroxylation sites is 1. The summed E-state index contributed by atoms with van der Waals surface area (Å²) in [4.78, 5) is 17.4. The Morgan fingerprint density at radius 3 is 2.14 bits per heavy atom. The van der Waals surface area contributed by atoms with Gasteiger partial charge < -0.3 is 9.80 Å². The van der Waals surface area contributed by atoms with Crippen molar-refractivity contribution in [3.8, 4) is 5.69 Å². The van der Waals surface area contributed by atoms with Gasteiger partial charge in [0.25, 0.3) is 0 Å². The first-order chi connectivity index (χ1) is 13.8. The maximum Gasteiger partial charge on any atom is 0.250 e. The Morgan fingerprint density at radius 2 is 1.50 bits per heavy atom. The molecule has 0 radical (unpaired) electrons. The second kappa shape index (κ2) is 6.74. The minimum Gasteiger partial charge on any atom is -0.338 e. The zero-order valence-corrected chi connectivity index (χ0v) is 15.6. The minimum absolute atomic E-state index is 0.265. The molecular formula is C21H22N6O. The van der Waals surface area contributed by atoms with Crippen molar-refractivity contribution in [2.75, 3.05) is 31.1 Å². The van der Waals surface area contributed by atoms with Crippen LogP contribution < -0.4 is 4.90 Å². The number of carbonyl (C=O) groups excluding carboxylic acids is 1. The Balaban J connectivity index is 1.29. The van der Waals surface area contributed by atoms with Crippen LogP contribution in [0.4, 0.5) is 5.95 Å². The summed E-state index contributed by atoms with van der Waals surface area (Å²) >= 11 is 0. The molecule has 1 saturated carbocycles. The zero-order valence-electron chi connectivity index (χ0n) is 15.6. The molecule has 2 heterocycles. The molecule has 5 rings (SSSR count). The number of carbonyl (C=O) groups is 1. The number of benzene rings is 2. The number of rotatable bonds is 4. The topological polar surface area (TPSA) is 67.2 Å². The van der Waals surface area contributed by atoms with E-state index in [0.29, 0.717) is 13.1 Å². The second-order valence-electron chi connectivity index (χ2n) is 7.45. The first kappa shape index (κ1) is 16.9. The smallest absolute Gasteiger partial charge is 0.250 e. The number of tetrazole rings is 1. The highest BCUT2D eigenvalue weighted by Crippen LogP contribution is 2.49. The van der Waals surface area contributed by atoms with Crippen LogP contribution in [0.15, 0.2) is 60.7 Å². The van der Waals surface area contributed by atoms with Crippen LogP contribution in [-0.4, -0.2) is 57.2 Å². The van der Waals surface area contributed by atoms with E-state index in [-0.39, 0.29) is 11.3 Å². The Bertz CT molecular complexity index is 959. The Morgan fingerprint density at radius 1 is 0.857 bits per heavy atom. The molecular weight excluding hydrogens is 352 g/mol. The number of hydrogen-bond acceptors (Lipinski definition) is 5. The molecule has 28 heavy (non-hydrogen) atoms. The van der Waals surface area contributed by atoms with Gasteiger partial charge in [-0.1, -0.05) is 53.6 Å². The SMILES string of the molecule is O=C(N1CCN(c2nnnn2-c2ccccc2)CC1)C1(c2ccccc2)CC1. The van der Waals surface area contributed by atoms with Gasteiger partial charge in [-0.15, -0.1) is 0 Å². The number of amides is 1. The summed E-state index contributed by atoms with van der Waals surface area (Å²) in [5, 5.41) is 12.2. The van der Waals surface area contributed by atoms with Crippen LogP contribution in [0.25, 0.3) is 5.69 Å². The summed E-state index contributed by atoms with van der Waals surface area (Å²) in [5.74, 6) is 0.989. The molecule has 7 nitrogen and oxygen atoms in total. The third-order valence-electron chi connectivity index (χ3n) is 5.79. The van der Waals surface area contributed by atoms with Crippen LogP contribution in [0.2, 0.25) is 0 Å². The fourth-order valence-corrected chi connectivity index (χ4v) is 4.04. The predicted octanol–water partition coefficient (Wildman–Crippen LogP) is 2.04. The predicted molar refractivity (Wildman–Crippen MR) is 105 cm³/mol. The van der Waals surface area contributed by atoms with E-state index in [0.717, 1.165) is 43.1 Å². The highest BCUT2D eigenvalue weighted by atomic mass is 16.2. The van der Waals surface area contributed by atoms with Gasteiger partial charge in [0.05, 0.1) is 11.1 Å². The Labute approximate surface area is 163 Å². The maximum absolute atomic E-state index is 13.2. The van der Waals surface area contributed by atoms with E-state index >= 15 is 0 Å². The summed E-state index contributed by atoms with van der Waals surface area (Å²) in [6.45, 7) is 2.83. The Hall–Kier alpha value is -3.22. The standard InChI is InChI=1S/C21H22N6O/c28-19(21(11-12-21)17-7-3-1-4-8-17)25-13-15-26(16-14-25)20-22-23-24-27(20)18-9-5-2-6-10-18/h1-10H,11-16H2. The average molecular weight is 374 g/mol. The van der Waals surface area contributed by atoms with Crippen LogP contribution >= 0.6 is 0 Å². The molecule has 7 heteroatoms. The summed E-state index contributed by atoms with van der Waals surface area (Å²) in [5.41, 5.74) is 1.78. The molecule has 1 aliphatic carbocycles. The van der Waals surface area contributed by atoms with Gasteiger partial charge in [-0.05, 0) is 41.0 Å². The van der Waals surface area contributed by atoms with E-state index in [4.69, 9.17) is 0 Å². The quantitative estimate of drug-likeness (QED) is 0.699. The van der Waals surface area contributed by atoms with Crippen molar-refractivity contribution in [1.29, 1.82) is 0 Å². The molecule has 0 N–H and O–H groups in total. The van der Waals surface area contributed by atoms with E-state index in [1.54, 1.807) is 4.68 Å². The fourth-order valence-electron chi connectivity index (χ4n) is 4.04. The van der Waals surface area contributed by atoms with E-state index < -0.39 is 0 Å². The molecule has 2 aliphatic rings. The molecule has 1 amide bonds. The van der Waals surface area contributed by atoms with Gasteiger partial charge >= 0.3 is 0 Å². The van der Waals surface area contributed by atoms with Gasteiger partial charge in [-0.3, -0.25) is 4.79 Å². The largest absolute Gasteiger partial charge is 0.338 e. The van der Waals surface area contributed by atoms with Crippen molar-refractivity contribution in [3.05, 3.63) is 66.2 Å². The van der Waals surface area contributed by atoms with Gasteiger partial charge in [0.2, 0.25) is 11.9 Å². The van der Waals surface area contributed by atoms with E-state index in [9.17, 15) is 4.79 Å². The van der Waals surface area contributed by atoms with E-state index in [1.165, 1.54) is 0 Å². The van der Waals surface area contributed by atoms with Crippen molar-refractivity contribution < 1.29 is 4.79 Å². The lowest BCUT2D eigenvalue weighted by Crippen LogP contribution is -2.52. The molecule has 1 aromatic heterocycles. The van der Waals surface area contributed by atoms with Gasteiger partial charge in [0.15, 0.2) is 0 Å². The number of anilines is 1. The van der Waals surface area contributed by atoms with Gasteiger partial charge in [-0.25, -0.2) is 0 Å². The molecule has 2 aromatic carbocycles. The van der Waals surface area contributed by atoms with Crippen molar-refractivity contribution >= 4 is 11.9 Å². The lowest BCUT2D eigenvalue weighted by atomic mass is 9.94. The Kier molecular flexibility index (Phi) is 4.07. The molecule has 3 aromatic rings. The summed E-state index contributed by atoms with van der Waals surface area (Å²) < 4.78 is 1.75. The zero-order chi connectivity index (χ0) is 19.0. The average Bonchev–Trinajstić information content (AvgIpc) is 3.44. The molecule has 142 valence electrons. The minimum atomic E-state index is -0.297. The monoisotopic (exact) mass is 374 g/mol. The van der Waals surface area contributed by atoms with Crippen LogP contribution in [-0.2, 0) is 10.2 Å². The first-order valence-electron chi connectivity index (χ1n) is 9.72. The number of aromatic nitrogens is 4. The summed E-state index contributed by atoms with van der Waals surface area (Å²) in [6.07, 6.45) is 1.89. The molecule has 1 aliphatic heterocycles. The normalized spacial score (nSPS) is 18.1. The van der Waals surface area contributed by atoms with Crippen LogP contribution in [0, 0.1) is 0 Å². The third kappa shape index (κ3) is 2.83.